The minimum absolute atomic E-state index is 0.649. The van der Waals surface area contributed by atoms with E-state index in [9.17, 15) is 0 Å². The van der Waals surface area contributed by atoms with Gasteiger partial charge in [0, 0.05) is 19.0 Å². The van der Waals surface area contributed by atoms with Crippen LogP contribution in [0.1, 0.15) is 32.4 Å². The second-order valence-corrected chi connectivity index (χ2v) is 5.62. The highest BCUT2D eigenvalue weighted by Crippen LogP contribution is 2.13. The Balaban J connectivity index is 1.80. The summed E-state index contributed by atoms with van der Waals surface area (Å²) < 4.78 is 5.41. The smallest absolute Gasteiger partial charge is 0.103 e. The van der Waals surface area contributed by atoms with Crippen LogP contribution in [-0.4, -0.2) is 37.1 Å². The molecule has 1 aromatic heterocycles. The number of nitrogens with zero attached hydrogens (tertiary/aromatic N) is 1. The zero-order valence-corrected chi connectivity index (χ0v) is 11.7. The lowest BCUT2D eigenvalue weighted by Crippen LogP contribution is -2.43. The highest BCUT2D eigenvalue weighted by Gasteiger charge is 2.18. The van der Waals surface area contributed by atoms with Gasteiger partial charge >= 0.3 is 0 Å². The molecule has 18 heavy (non-hydrogen) atoms. The molecule has 0 amide bonds. The maximum Gasteiger partial charge on any atom is 0.103 e. The third-order valence-corrected chi connectivity index (χ3v) is 3.85. The van der Waals surface area contributed by atoms with E-state index in [1.807, 2.05) is 6.07 Å². The number of rotatable bonds is 4. The molecule has 0 saturated carbocycles. The van der Waals surface area contributed by atoms with Crippen LogP contribution in [-0.2, 0) is 6.42 Å². The van der Waals surface area contributed by atoms with E-state index in [0.29, 0.717) is 6.04 Å². The molecule has 0 spiro atoms. The van der Waals surface area contributed by atoms with Crippen LogP contribution in [0.25, 0.3) is 0 Å². The van der Waals surface area contributed by atoms with Crippen molar-refractivity contribution >= 4 is 0 Å². The minimum atomic E-state index is 0.649. The van der Waals surface area contributed by atoms with Crippen LogP contribution in [0.2, 0.25) is 0 Å². The van der Waals surface area contributed by atoms with Crippen molar-refractivity contribution in [3.63, 3.8) is 0 Å². The molecule has 0 radical (unpaired) electrons. The Morgan fingerprint density at radius 3 is 3.22 bits per heavy atom. The normalized spacial score (nSPS) is 24.4. The molecule has 1 aromatic rings. The molecule has 2 atom stereocenters. The average Bonchev–Trinajstić information content (AvgIpc) is 2.83. The van der Waals surface area contributed by atoms with E-state index in [1.165, 1.54) is 25.9 Å². The molecule has 0 aliphatic carbocycles. The van der Waals surface area contributed by atoms with Crippen molar-refractivity contribution < 1.29 is 4.42 Å². The zero-order chi connectivity index (χ0) is 12.8. The molecular weight excluding hydrogens is 224 g/mol. The summed E-state index contributed by atoms with van der Waals surface area (Å²) in [5.74, 6) is 1.86. The van der Waals surface area contributed by atoms with Crippen LogP contribution in [0.4, 0.5) is 0 Å². The summed E-state index contributed by atoms with van der Waals surface area (Å²) >= 11 is 0. The Morgan fingerprint density at radius 2 is 2.44 bits per heavy atom. The van der Waals surface area contributed by atoms with Gasteiger partial charge < -0.3 is 14.6 Å². The first-order valence-corrected chi connectivity index (χ1v) is 7.23. The maximum absolute atomic E-state index is 5.41. The van der Waals surface area contributed by atoms with Crippen molar-refractivity contribution in [1.29, 1.82) is 0 Å². The van der Waals surface area contributed by atoms with Crippen molar-refractivity contribution in [2.45, 2.75) is 39.2 Å². The molecule has 102 valence electrons. The monoisotopic (exact) mass is 250 g/mol. The number of nitrogens with one attached hydrogen (secondary N) is 1. The van der Waals surface area contributed by atoms with Crippen LogP contribution in [0.15, 0.2) is 22.8 Å². The molecule has 1 saturated heterocycles. The fourth-order valence-electron chi connectivity index (χ4n) is 2.70. The van der Waals surface area contributed by atoms with Crippen molar-refractivity contribution in [2.75, 3.05) is 26.2 Å². The maximum atomic E-state index is 5.41. The Hall–Kier alpha value is -0.800. The first-order chi connectivity index (χ1) is 8.75. The molecule has 2 unspecified atom stereocenters. The van der Waals surface area contributed by atoms with E-state index >= 15 is 0 Å². The number of furan rings is 1. The van der Waals surface area contributed by atoms with Crippen LogP contribution >= 0.6 is 0 Å². The number of hydrogen-bond acceptors (Lipinski definition) is 3. The zero-order valence-electron chi connectivity index (χ0n) is 11.7. The van der Waals surface area contributed by atoms with E-state index in [1.54, 1.807) is 6.26 Å². The summed E-state index contributed by atoms with van der Waals surface area (Å²) in [6.45, 7) is 9.44. The molecule has 3 heteroatoms. The lowest BCUT2D eigenvalue weighted by Gasteiger charge is -2.33. The van der Waals surface area contributed by atoms with Gasteiger partial charge in [-0.15, -0.1) is 0 Å². The summed E-state index contributed by atoms with van der Waals surface area (Å²) in [7, 11) is 0. The highest BCUT2D eigenvalue weighted by atomic mass is 16.3. The van der Waals surface area contributed by atoms with Gasteiger partial charge in [0.05, 0.1) is 6.26 Å². The number of aryl methyl sites for hydroxylation is 1. The van der Waals surface area contributed by atoms with E-state index in [-0.39, 0.29) is 0 Å². The van der Waals surface area contributed by atoms with E-state index in [0.717, 1.165) is 31.2 Å². The van der Waals surface area contributed by atoms with Gasteiger partial charge in [0.1, 0.15) is 5.76 Å². The standard InChI is InChI=1S/C15H26N2O/c1-13-11-16-8-4-9-17(12-13)14(2)6-7-15-5-3-10-18-15/h3,5,10,13-14,16H,4,6-9,11-12H2,1-2H3. The Morgan fingerprint density at radius 1 is 1.56 bits per heavy atom. The quantitative estimate of drug-likeness (QED) is 0.890. The van der Waals surface area contributed by atoms with Crippen molar-refractivity contribution in [3.8, 4) is 0 Å². The van der Waals surface area contributed by atoms with Crippen molar-refractivity contribution in [3.05, 3.63) is 24.2 Å². The largest absolute Gasteiger partial charge is 0.469 e. The molecule has 1 aliphatic rings. The van der Waals surface area contributed by atoms with Gasteiger partial charge in [0.25, 0.3) is 0 Å². The Labute approximate surface area is 111 Å². The predicted molar refractivity (Wildman–Crippen MR) is 74.7 cm³/mol. The summed E-state index contributed by atoms with van der Waals surface area (Å²) in [6.07, 6.45) is 5.27. The molecule has 1 fully saturated rings. The van der Waals surface area contributed by atoms with Gasteiger partial charge in [-0.1, -0.05) is 6.92 Å². The molecule has 0 bridgehead atoms. The SMILES string of the molecule is CC1CNCCCN(C(C)CCc2ccco2)C1. The van der Waals surface area contributed by atoms with Crippen molar-refractivity contribution in [2.24, 2.45) is 5.92 Å². The second kappa shape index (κ2) is 6.95. The van der Waals surface area contributed by atoms with Gasteiger partial charge in [0.2, 0.25) is 0 Å². The minimum Gasteiger partial charge on any atom is -0.469 e. The summed E-state index contributed by atoms with van der Waals surface area (Å²) in [6, 6.07) is 4.70. The Bertz CT molecular complexity index is 323. The summed E-state index contributed by atoms with van der Waals surface area (Å²) in [4.78, 5) is 2.65. The van der Waals surface area contributed by atoms with Crippen molar-refractivity contribution in [1.82, 2.24) is 10.2 Å². The fraction of sp³-hybridized carbons (Fsp3) is 0.733. The fourth-order valence-corrected chi connectivity index (χ4v) is 2.70. The van der Waals surface area contributed by atoms with E-state index < -0.39 is 0 Å². The summed E-state index contributed by atoms with van der Waals surface area (Å²) in [5, 5.41) is 3.51. The van der Waals surface area contributed by atoms with Gasteiger partial charge in [-0.2, -0.15) is 0 Å². The van der Waals surface area contributed by atoms with Crippen LogP contribution < -0.4 is 5.32 Å². The second-order valence-electron chi connectivity index (χ2n) is 5.62. The van der Waals surface area contributed by atoms with Gasteiger partial charge in [-0.3, -0.25) is 0 Å². The molecule has 2 rings (SSSR count). The van der Waals surface area contributed by atoms with Crippen LogP contribution in [0.3, 0.4) is 0 Å². The lowest BCUT2D eigenvalue weighted by atomic mass is 10.1. The van der Waals surface area contributed by atoms with Crippen LogP contribution in [0, 0.1) is 5.92 Å². The number of hydrogen-bond donors (Lipinski definition) is 1. The van der Waals surface area contributed by atoms with Gasteiger partial charge in [-0.25, -0.2) is 0 Å². The molecule has 0 aromatic carbocycles. The molecular formula is C15H26N2O. The molecule has 3 nitrogen and oxygen atoms in total. The lowest BCUT2D eigenvalue weighted by molar-refractivity contribution is 0.158. The summed E-state index contributed by atoms with van der Waals surface area (Å²) in [5.41, 5.74) is 0. The van der Waals surface area contributed by atoms with E-state index in [2.05, 4.69) is 30.1 Å². The molecule has 1 N–H and O–H groups in total. The van der Waals surface area contributed by atoms with Gasteiger partial charge in [0.15, 0.2) is 0 Å². The average molecular weight is 250 g/mol. The molecule has 1 aliphatic heterocycles. The third kappa shape index (κ3) is 4.14. The van der Waals surface area contributed by atoms with Gasteiger partial charge in [-0.05, 0) is 57.5 Å². The Kier molecular flexibility index (Phi) is 5.26. The van der Waals surface area contributed by atoms with Crippen LogP contribution in [0.5, 0.6) is 0 Å². The first kappa shape index (κ1) is 13.6. The highest BCUT2D eigenvalue weighted by molar-refractivity contribution is 4.98. The van der Waals surface area contributed by atoms with E-state index in [4.69, 9.17) is 4.42 Å². The third-order valence-electron chi connectivity index (χ3n) is 3.85. The topological polar surface area (TPSA) is 28.4 Å². The molecule has 2 heterocycles. The predicted octanol–water partition coefficient (Wildman–Crippen LogP) is 2.53. The first-order valence-electron chi connectivity index (χ1n) is 7.23.